The standard InChI is InChI=1S/C43H75NO16.C22H19Br2NO3/c1-15-29-43(11,52)36(48)24(5)33(47)22(3)20-41(9,51)38(25(6)34(26(7)39(50)57-29)59-32-21-42(10,53-14)37(49)27(8)56-32)60-40-35(28(44(12)13)19-23(4)55-40)58-31(46)18-17-30(45)54-16-2;1-22(2)17(12-19(23)24)20(22)21(26)28-18(13-25)14-7-6-10-16(11-14)27-15-8-4-3-5-9-15/h22-29,32,34-38,40,48-49,51-52H,15-21H2,1-14H3;3-12,17-18,20H,1-2H3/t22-,23-,24+,25+,26-,27+,28+,29-,32+,34+,35-,36-,37+,38-,40+,41-,42-,43-;17-,18+,20-/m10/s1. The second-order valence-corrected chi connectivity index (χ2v) is 28.2. The predicted octanol–water partition coefficient (Wildman–Crippen LogP) is 9.17. The highest BCUT2D eigenvalue weighted by Crippen LogP contribution is 2.60. The highest BCUT2D eigenvalue weighted by Gasteiger charge is 2.62. The monoisotopic (exact) mass is 1360 g/mol. The summed E-state index contributed by atoms with van der Waals surface area (Å²) in [6, 6.07) is 18.0. The van der Waals surface area contributed by atoms with Gasteiger partial charge < -0.3 is 72.7 Å². The lowest BCUT2D eigenvalue weighted by Crippen LogP contribution is -2.61. The van der Waals surface area contributed by atoms with Crippen LogP contribution in [-0.4, -0.2) is 167 Å². The summed E-state index contributed by atoms with van der Waals surface area (Å²) >= 11 is 6.68. The molecule has 0 radical (unpaired) electrons. The number of cyclic esters (lactones) is 1. The zero-order chi connectivity index (χ0) is 66.0. The quantitative estimate of drug-likeness (QED) is 0.0799. The molecule has 4 fully saturated rings. The lowest BCUT2D eigenvalue weighted by atomic mass is 9.74. The van der Waals surface area contributed by atoms with Crippen molar-refractivity contribution in [1.82, 2.24) is 4.90 Å². The molecule has 0 aromatic heterocycles. The highest BCUT2D eigenvalue weighted by molar-refractivity contribution is 9.28. The predicted molar refractivity (Wildman–Crippen MR) is 330 cm³/mol. The Hall–Kier alpha value is -4.42. The fraction of sp³-hybridized carbons (Fsp3) is 0.692. The van der Waals surface area contributed by atoms with Crippen molar-refractivity contribution < 1.29 is 91.8 Å². The van der Waals surface area contributed by atoms with E-state index < -0.39 is 138 Å². The second kappa shape index (κ2) is 31.7. The first-order chi connectivity index (χ1) is 41.1. The van der Waals surface area contributed by atoms with Crippen LogP contribution in [0.25, 0.3) is 0 Å². The number of Topliss-reactive ketones (excluding diaryl/α,β-unsaturated/α-hetero) is 1. The van der Waals surface area contributed by atoms with Crippen LogP contribution in [0.4, 0.5) is 0 Å². The van der Waals surface area contributed by atoms with Gasteiger partial charge in [-0.2, -0.15) is 5.26 Å². The van der Waals surface area contributed by atoms with E-state index >= 15 is 0 Å². The molecule has 0 bridgehead atoms. The van der Waals surface area contributed by atoms with Gasteiger partial charge in [0.15, 0.2) is 18.7 Å². The molecule has 3 saturated heterocycles. The Morgan fingerprint density at radius 2 is 1.48 bits per heavy atom. The number of aliphatic hydroxyl groups is 4. The van der Waals surface area contributed by atoms with Crippen molar-refractivity contribution >= 4 is 61.5 Å². The van der Waals surface area contributed by atoms with Crippen molar-refractivity contribution in [1.29, 1.82) is 5.26 Å². The number of halogens is 2. The number of allylic oxidation sites excluding steroid dienone is 1. The minimum atomic E-state index is -2.04. The molecule has 2 aromatic rings. The molecule has 1 aliphatic carbocycles. The number of aliphatic hydroxyl groups excluding tert-OH is 2. The summed E-state index contributed by atoms with van der Waals surface area (Å²) in [7, 11) is 5.09. The lowest BCUT2D eigenvalue weighted by molar-refractivity contribution is -0.319. The number of ketones is 1. The van der Waals surface area contributed by atoms with E-state index in [0.717, 1.165) is 3.39 Å². The van der Waals surface area contributed by atoms with Gasteiger partial charge >= 0.3 is 23.9 Å². The molecule has 3 aliphatic heterocycles. The third-order valence-corrected chi connectivity index (χ3v) is 18.4. The number of carbonyl (C=O) groups is 5. The Morgan fingerprint density at radius 1 is 0.841 bits per heavy atom. The summed E-state index contributed by atoms with van der Waals surface area (Å²) in [5.74, 6) is -5.96. The molecule has 23 heteroatoms. The van der Waals surface area contributed by atoms with Crippen molar-refractivity contribution in [2.75, 3.05) is 27.8 Å². The maximum Gasteiger partial charge on any atom is 0.311 e. The maximum atomic E-state index is 14.3. The molecule has 0 spiro atoms. The van der Waals surface area contributed by atoms with E-state index in [1.165, 1.54) is 27.9 Å². The average Bonchev–Trinajstić information content (AvgIpc) is 1.99. The van der Waals surface area contributed by atoms with Gasteiger partial charge in [0.05, 0.1) is 82.4 Å². The number of hydrogen-bond acceptors (Lipinski definition) is 21. The highest BCUT2D eigenvalue weighted by atomic mass is 79.9. The van der Waals surface area contributed by atoms with Crippen LogP contribution >= 0.6 is 31.9 Å². The van der Waals surface area contributed by atoms with E-state index in [4.69, 9.17) is 47.4 Å². The van der Waals surface area contributed by atoms with Gasteiger partial charge in [-0.3, -0.25) is 24.0 Å². The summed E-state index contributed by atoms with van der Waals surface area (Å²) in [6.07, 6.45) is -10.2. The number of esters is 4. The van der Waals surface area contributed by atoms with Gasteiger partial charge in [0.25, 0.3) is 0 Å². The number of nitriles is 1. The van der Waals surface area contributed by atoms with Gasteiger partial charge in [-0.1, -0.05) is 78.0 Å². The third kappa shape index (κ3) is 18.6. The van der Waals surface area contributed by atoms with Crippen LogP contribution in [0.15, 0.2) is 64.1 Å². The smallest absolute Gasteiger partial charge is 0.311 e. The number of nitrogens with zero attached hydrogens (tertiary/aromatic N) is 2. The Bertz CT molecular complexity index is 2740. The summed E-state index contributed by atoms with van der Waals surface area (Å²) in [5, 5.41) is 56.4. The molecule has 0 unspecified atom stereocenters. The third-order valence-electron chi connectivity index (χ3n) is 17.9. The summed E-state index contributed by atoms with van der Waals surface area (Å²) in [6.45, 7) is 21.9. The van der Waals surface area contributed by atoms with E-state index in [1.807, 2.05) is 76.2 Å². The number of likely N-dealkylation sites (N-methyl/N-ethyl adjacent to an activating group) is 1. The summed E-state index contributed by atoms with van der Waals surface area (Å²) in [5.41, 5.74) is -4.68. The number of ether oxygens (including phenoxy) is 10. The van der Waals surface area contributed by atoms with Crippen molar-refractivity contribution in [3.8, 4) is 17.6 Å². The van der Waals surface area contributed by atoms with Crippen molar-refractivity contribution in [2.24, 2.45) is 40.9 Å². The molecule has 21 nitrogen and oxygen atoms in total. The molecular formula is C65H94Br2N2O19. The molecule has 3 heterocycles. The van der Waals surface area contributed by atoms with Gasteiger partial charge in [0.1, 0.15) is 41.2 Å². The normalized spacial score (nSPS) is 36.4. The van der Waals surface area contributed by atoms with E-state index in [-0.39, 0.29) is 61.9 Å². The maximum absolute atomic E-state index is 14.3. The first-order valence-corrected chi connectivity index (χ1v) is 31.9. The van der Waals surface area contributed by atoms with Crippen LogP contribution in [0.1, 0.15) is 140 Å². The second-order valence-electron chi connectivity index (χ2n) is 25.5. The molecule has 88 heavy (non-hydrogen) atoms. The Labute approximate surface area is 535 Å². The van der Waals surface area contributed by atoms with Gasteiger partial charge in [-0.25, -0.2) is 0 Å². The number of hydrogen-bond donors (Lipinski definition) is 4. The topological polar surface area (TPSA) is 286 Å². The van der Waals surface area contributed by atoms with Crippen LogP contribution in [-0.2, 0) is 66.6 Å². The van der Waals surface area contributed by atoms with E-state index in [2.05, 4.69) is 37.9 Å². The number of methoxy groups -OCH3 is 1. The number of benzene rings is 2. The number of carbonyl (C=O) groups excluding carboxylic acids is 5. The Balaban J connectivity index is 0.000000416. The van der Waals surface area contributed by atoms with Crippen LogP contribution in [0.3, 0.4) is 0 Å². The molecule has 6 rings (SSSR count). The van der Waals surface area contributed by atoms with Crippen molar-refractivity contribution in [2.45, 2.75) is 219 Å². The largest absolute Gasteiger partial charge is 0.466 e. The molecule has 1 saturated carbocycles. The zero-order valence-corrected chi connectivity index (χ0v) is 56.9. The Kier molecular flexibility index (Phi) is 26.8. The van der Waals surface area contributed by atoms with Crippen LogP contribution in [0, 0.1) is 52.3 Å². The lowest BCUT2D eigenvalue weighted by Gasteiger charge is -2.49. The molecule has 2 aromatic carbocycles. The molecule has 4 aliphatic rings. The number of para-hydroxylation sites is 1. The van der Waals surface area contributed by atoms with Gasteiger partial charge in [0, 0.05) is 36.8 Å². The van der Waals surface area contributed by atoms with Crippen LogP contribution < -0.4 is 4.74 Å². The first kappa shape index (κ1) is 74.3. The SMILES string of the molecule is CC1(C)[C@H](C(=O)O[C@H](C#N)c2cccc(Oc3ccccc3)c2)[C@@H]1C=C(Br)Br.CCOC(=O)CCC(=O)O[C@H]1[C@H](O[C@@H]2[C@@H](C)[C@H](O[C@H]3C[C@@](C)(OC)[C@@H](O)[C@H](C)O3)[C@@H](C)C(=O)O[C@H](CC)[C@@](C)(O)[C@H](O)[C@@H](C)C(=O)[C@H](C)C[C@@]2(C)O)O[C@H](C)C[C@@H]1N(C)C. The van der Waals surface area contributed by atoms with E-state index in [0.29, 0.717) is 23.5 Å². The molecule has 492 valence electrons. The number of rotatable bonds is 18. The Morgan fingerprint density at radius 3 is 2.07 bits per heavy atom. The molecular weight excluding hydrogens is 1270 g/mol. The molecule has 4 N–H and O–H groups in total. The van der Waals surface area contributed by atoms with Crippen molar-refractivity contribution in [3.63, 3.8) is 0 Å². The van der Waals surface area contributed by atoms with E-state index in [9.17, 15) is 49.7 Å². The fourth-order valence-corrected chi connectivity index (χ4v) is 13.0. The van der Waals surface area contributed by atoms with E-state index in [1.54, 1.807) is 72.7 Å². The summed E-state index contributed by atoms with van der Waals surface area (Å²) in [4.78, 5) is 68.3. The molecule has 21 atom stereocenters. The summed E-state index contributed by atoms with van der Waals surface area (Å²) < 4.78 is 60.9. The van der Waals surface area contributed by atoms with Gasteiger partial charge in [-0.15, -0.1) is 0 Å². The van der Waals surface area contributed by atoms with Crippen LogP contribution in [0.5, 0.6) is 11.5 Å². The minimum Gasteiger partial charge on any atom is -0.466 e. The van der Waals surface area contributed by atoms with Crippen molar-refractivity contribution in [3.05, 3.63) is 69.6 Å². The van der Waals surface area contributed by atoms with Gasteiger partial charge in [-0.05, 0) is 149 Å². The molecule has 0 amide bonds. The van der Waals surface area contributed by atoms with Gasteiger partial charge in [0.2, 0.25) is 6.10 Å². The van der Waals surface area contributed by atoms with Crippen LogP contribution in [0.2, 0.25) is 0 Å². The fourth-order valence-electron chi connectivity index (χ4n) is 12.5. The first-order valence-electron chi connectivity index (χ1n) is 30.3. The average molecular weight is 1370 g/mol. The minimum absolute atomic E-state index is 0.0431. The zero-order valence-electron chi connectivity index (χ0n) is 53.7.